The Morgan fingerprint density at radius 3 is 1.03 bits per heavy atom. The van der Waals surface area contributed by atoms with Gasteiger partial charge in [0.25, 0.3) is 31.9 Å². The lowest BCUT2D eigenvalue weighted by Gasteiger charge is -2.23. The zero-order valence-corrected chi connectivity index (χ0v) is 39.8. The fourth-order valence-corrected chi connectivity index (χ4v) is 10.5. The van der Waals surface area contributed by atoms with Crippen LogP contribution in [0.25, 0.3) is 0 Å². The van der Waals surface area contributed by atoms with E-state index >= 15 is 0 Å². The molecular weight excluding hydrogens is 925 g/mol. The van der Waals surface area contributed by atoms with Crippen LogP contribution in [-0.2, 0) is 59.9 Å². The molecule has 0 aromatic heterocycles. The van der Waals surface area contributed by atoms with Crippen molar-refractivity contribution in [1.29, 1.82) is 0 Å². The van der Waals surface area contributed by atoms with Crippen molar-refractivity contribution >= 4 is 31.9 Å². The number of benzene rings is 6. The van der Waals surface area contributed by atoms with Crippen LogP contribution < -0.4 is 28.4 Å². The van der Waals surface area contributed by atoms with Crippen molar-refractivity contribution in [3.63, 3.8) is 0 Å². The largest absolute Gasteiger partial charge is 0.496 e. The Kier molecular flexibility index (Phi) is 15.6. The van der Waals surface area contributed by atoms with Gasteiger partial charge in [-0.3, -0.25) is 9.59 Å². The van der Waals surface area contributed by atoms with E-state index in [1.807, 2.05) is 36.4 Å². The van der Waals surface area contributed by atoms with Crippen molar-refractivity contribution in [2.45, 2.75) is 35.5 Å². The average Bonchev–Trinajstić information content (AvgIpc) is 3.34. The van der Waals surface area contributed by atoms with Gasteiger partial charge in [-0.15, -0.1) is 0 Å². The first-order valence-corrected chi connectivity index (χ1v) is 25.2. The Morgan fingerprint density at radius 1 is 0.420 bits per heavy atom. The monoisotopic (exact) mass is 976 g/mol. The van der Waals surface area contributed by atoms with Gasteiger partial charge in [-0.2, -0.15) is 0 Å². The maximum atomic E-state index is 14.2. The molecule has 69 heavy (non-hydrogen) atoms. The maximum absolute atomic E-state index is 14.2. The summed E-state index contributed by atoms with van der Waals surface area (Å²) in [6.45, 7) is 1.92. The summed E-state index contributed by atoms with van der Waals surface area (Å²) in [6, 6.07) is 33.1. The van der Waals surface area contributed by atoms with E-state index in [1.54, 1.807) is 74.9 Å². The molecule has 0 spiro atoms. The Morgan fingerprint density at radius 2 is 0.725 bits per heavy atom. The summed E-state index contributed by atoms with van der Waals surface area (Å²) in [6.07, 6.45) is 0.625. The Hall–Kier alpha value is -6.76. The van der Waals surface area contributed by atoms with E-state index in [4.69, 9.17) is 33.2 Å². The number of amides is 2. The second-order valence-electron chi connectivity index (χ2n) is 16.2. The van der Waals surface area contributed by atoms with Crippen molar-refractivity contribution in [2.75, 3.05) is 67.1 Å². The van der Waals surface area contributed by atoms with Crippen LogP contribution in [0.15, 0.2) is 131 Å². The second-order valence-corrected chi connectivity index (χ2v) is 19.6. The topological polar surface area (TPSA) is 191 Å². The SMILES string of the molecule is COc1c2cccc1Cc1cc(C(=O)NS(=O)(=O)c3ccccc3)cc3c1OCCOCCOCCOCCOc1c(cc(C(=O)NS(=O)(=O)c4ccccc4)cc1Cc1cccc(c1OC)C3)C2. The van der Waals surface area contributed by atoms with Gasteiger partial charge in [-0.25, -0.2) is 26.3 Å². The van der Waals surface area contributed by atoms with Crippen LogP contribution in [0.4, 0.5) is 0 Å². The number of hydrogen-bond acceptors (Lipinski definition) is 13. The number of carbonyl (C=O) groups is 2. The van der Waals surface area contributed by atoms with Crippen molar-refractivity contribution in [3.8, 4) is 23.0 Å². The summed E-state index contributed by atoms with van der Waals surface area (Å²) in [5, 5.41) is 0. The van der Waals surface area contributed by atoms with Gasteiger partial charge in [0.1, 0.15) is 36.2 Å². The molecule has 360 valence electrons. The van der Waals surface area contributed by atoms with Crippen LogP contribution in [0.1, 0.15) is 65.2 Å². The van der Waals surface area contributed by atoms with Crippen LogP contribution in [0.3, 0.4) is 0 Å². The molecule has 2 N–H and O–H groups in total. The van der Waals surface area contributed by atoms with Gasteiger partial charge in [0.05, 0.1) is 63.7 Å². The van der Waals surface area contributed by atoms with Gasteiger partial charge in [0.15, 0.2) is 0 Å². The summed E-state index contributed by atoms with van der Waals surface area (Å²) < 4.78 is 102. The van der Waals surface area contributed by atoms with Crippen molar-refractivity contribution in [1.82, 2.24) is 9.44 Å². The zero-order chi connectivity index (χ0) is 48.4. The Balaban J connectivity index is 1.32. The number of para-hydroxylation sites is 2. The molecule has 0 saturated heterocycles. The predicted molar refractivity (Wildman–Crippen MR) is 256 cm³/mol. The van der Waals surface area contributed by atoms with Gasteiger partial charge in [-0.1, -0.05) is 72.8 Å². The normalized spacial score (nSPS) is 14.8. The number of hydrogen-bond donors (Lipinski definition) is 2. The molecule has 0 saturated carbocycles. The van der Waals surface area contributed by atoms with Crippen LogP contribution in [-0.4, -0.2) is 95.7 Å². The van der Waals surface area contributed by atoms with Crippen molar-refractivity contribution < 1.29 is 59.6 Å². The predicted octanol–water partition coefficient (Wildman–Crippen LogP) is 6.44. The van der Waals surface area contributed by atoms with Gasteiger partial charge < -0.3 is 33.2 Å². The van der Waals surface area contributed by atoms with Gasteiger partial charge >= 0.3 is 0 Å². The van der Waals surface area contributed by atoms with E-state index in [0.29, 0.717) is 93.9 Å². The molecule has 6 aromatic carbocycles. The van der Waals surface area contributed by atoms with Gasteiger partial charge in [0.2, 0.25) is 0 Å². The molecule has 0 atom stereocenters. The third-order valence-corrected chi connectivity index (χ3v) is 14.2. The molecule has 1 heterocycles. The number of sulfonamides is 2. The standard InChI is InChI=1S/C52H52N2O13S2/c1-61-47-35-11-9-12-36(47)28-40-32-44(52(56)54-69(59,60)46-17-7-4-8-18-46)34-42-30-38-14-10-13-37(48(38)62-2)29-41-33-43(51(55)53-68(57,58)45-15-5-3-6-16-45)31-39(27-35)49(41)66-25-23-64-21-19-63-20-22-65-24-26-67-50(40)42/h3-18,31-34H,19-30H2,1-2H3,(H,53,55)(H,54,56). The number of rotatable bonds is 8. The molecule has 2 amide bonds. The van der Waals surface area contributed by atoms with E-state index < -0.39 is 31.9 Å². The zero-order valence-electron chi connectivity index (χ0n) is 38.2. The first-order chi connectivity index (χ1) is 33.4. The minimum atomic E-state index is -4.25. The van der Waals surface area contributed by atoms with E-state index in [-0.39, 0.29) is 73.0 Å². The molecule has 17 heteroatoms. The smallest absolute Gasteiger partial charge is 0.265 e. The van der Waals surface area contributed by atoms with E-state index in [2.05, 4.69) is 9.44 Å². The van der Waals surface area contributed by atoms with Crippen molar-refractivity contribution in [3.05, 3.63) is 177 Å². The lowest BCUT2D eigenvalue weighted by molar-refractivity contribution is 0.00484. The third-order valence-electron chi connectivity index (χ3n) is 11.6. The number of carbonyl (C=O) groups excluding carboxylic acids is 2. The highest BCUT2D eigenvalue weighted by Crippen LogP contribution is 2.40. The minimum Gasteiger partial charge on any atom is -0.496 e. The molecule has 1 aliphatic carbocycles. The summed E-state index contributed by atoms with van der Waals surface area (Å²) in [4.78, 5) is 28.2. The molecule has 8 rings (SSSR count). The number of nitrogens with one attached hydrogen (secondary N) is 2. The van der Waals surface area contributed by atoms with Gasteiger partial charge in [0, 0.05) is 36.8 Å². The average molecular weight is 977 g/mol. The highest BCUT2D eigenvalue weighted by atomic mass is 32.2. The molecule has 6 aromatic rings. The summed E-state index contributed by atoms with van der Waals surface area (Å²) in [7, 11) is -5.42. The molecule has 10 bridgehead atoms. The van der Waals surface area contributed by atoms with Crippen LogP contribution in [0, 0.1) is 0 Å². The minimum absolute atomic E-state index is 0.0671. The molecule has 0 fully saturated rings. The molecule has 0 radical (unpaired) electrons. The summed E-state index contributed by atoms with van der Waals surface area (Å²) >= 11 is 0. The fraction of sp³-hybridized carbons (Fsp3) is 0.269. The number of fused-ring (bicyclic) bond motifs is 2. The quantitative estimate of drug-likeness (QED) is 0.169. The molecule has 0 unspecified atom stereocenters. The first kappa shape index (κ1) is 48.7. The van der Waals surface area contributed by atoms with Crippen LogP contribution >= 0.6 is 0 Å². The third kappa shape index (κ3) is 11.8. The lowest BCUT2D eigenvalue weighted by Crippen LogP contribution is -2.30. The number of ether oxygens (including phenoxy) is 7. The van der Waals surface area contributed by atoms with E-state index in [0.717, 1.165) is 0 Å². The van der Waals surface area contributed by atoms with Crippen LogP contribution in [0.2, 0.25) is 0 Å². The first-order valence-electron chi connectivity index (χ1n) is 22.3. The molecular formula is C52H52N2O13S2. The number of methoxy groups -OCH3 is 2. The van der Waals surface area contributed by atoms with E-state index in [9.17, 15) is 26.4 Å². The fourth-order valence-electron chi connectivity index (χ4n) is 8.47. The lowest BCUT2D eigenvalue weighted by atomic mass is 9.89. The maximum Gasteiger partial charge on any atom is 0.265 e. The summed E-state index contributed by atoms with van der Waals surface area (Å²) in [5.74, 6) is 0.235. The highest BCUT2D eigenvalue weighted by molar-refractivity contribution is 7.90. The Bertz CT molecular complexity index is 2740. The highest BCUT2D eigenvalue weighted by Gasteiger charge is 2.27. The van der Waals surface area contributed by atoms with E-state index in [1.165, 1.54) is 24.3 Å². The molecule has 15 nitrogen and oxygen atoms in total. The Labute approximate surface area is 401 Å². The van der Waals surface area contributed by atoms with Gasteiger partial charge in [-0.05, 0) is 93.0 Å². The van der Waals surface area contributed by atoms with Crippen LogP contribution in [0.5, 0.6) is 23.0 Å². The molecule has 1 aliphatic heterocycles. The molecule has 2 aliphatic rings. The van der Waals surface area contributed by atoms with Crippen molar-refractivity contribution in [2.24, 2.45) is 0 Å². The summed E-state index contributed by atoms with van der Waals surface area (Å²) in [5.41, 5.74) is 5.17. The second kappa shape index (κ2) is 22.1.